The van der Waals surface area contributed by atoms with Gasteiger partial charge in [0.15, 0.2) is 0 Å². The Kier molecular flexibility index (Phi) is 5.50. The zero-order valence-electron chi connectivity index (χ0n) is 15.3. The lowest BCUT2D eigenvalue weighted by atomic mass is 10.0. The lowest BCUT2D eigenvalue weighted by Gasteiger charge is -2.35. The van der Waals surface area contributed by atoms with Crippen molar-refractivity contribution < 1.29 is 18.2 Å². The molecular weight excluding hydrogens is 356 g/mol. The van der Waals surface area contributed by atoms with Crippen molar-refractivity contribution in [2.24, 2.45) is 0 Å². The van der Waals surface area contributed by atoms with Crippen LogP contribution in [0.4, 0.5) is 11.4 Å². The van der Waals surface area contributed by atoms with E-state index in [-0.39, 0.29) is 16.6 Å². The molecule has 1 atom stereocenters. The molecule has 1 aromatic carbocycles. The molecule has 0 bridgehead atoms. The number of nitrogens with one attached hydrogen (secondary N) is 1. The zero-order chi connectivity index (χ0) is 18.9. The fourth-order valence-electron chi connectivity index (χ4n) is 3.77. The molecule has 8 nitrogen and oxygen atoms in total. The van der Waals surface area contributed by atoms with Crippen LogP contribution in [0, 0.1) is 10.1 Å². The maximum Gasteiger partial charge on any atom is 0.293 e. The number of nitrogens with zero attached hydrogens (tertiary/aromatic N) is 3. The SMILES string of the molecule is C[C@@H]1CCCCN1c1ccc(S(=O)(=O)N2CC[NH+](C)CC2)cc1[N+](=O)[O-]. The molecule has 2 heterocycles. The first-order chi connectivity index (χ1) is 12.3. The van der Waals surface area contributed by atoms with E-state index in [0.29, 0.717) is 18.8 Å². The second-order valence-corrected chi connectivity index (χ2v) is 9.24. The second-order valence-electron chi connectivity index (χ2n) is 7.31. The lowest BCUT2D eigenvalue weighted by Crippen LogP contribution is -3.12. The van der Waals surface area contributed by atoms with Crippen LogP contribution < -0.4 is 9.80 Å². The van der Waals surface area contributed by atoms with Crippen molar-refractivity contribution in [3.63, 3.8) is 0 Å². The van der Waals surface area contributed by atoms with Crippen LogP contribution in [-0.2, 0) is 10.0 Å². The Morgan fingerprint density at radius 1 is 1.19 bits per heavy atom. The van der Waals surface area contributed by atoms with Gasteiger partial charge in [-0.25, -0.2) is 8.42 Å². The summed E-state index contributed by atoms with van der Waals surface area (Å²) in [4.78, 5) is 14.5. The van der Waals surface area contributed by atoms with Gasteiger partial charge in [-0.3, -0.25) is 10.1 Å². The summed E-state index contributed by atoms with van der Waals surface area (Å²) < 4.78 is 27.2. The van der Waals surface area contributed by atoms with Crippen molar-refractivity contribution in [1.82, 2.24) is 4.31 Å². The molecule has 2 aliphatic rings. The number of nitro benzene ring substituents is 1. The summed E-state index contributed by atoms with van der Waals surface area (Å²) in [6.07, 6.45) is 3.09. The third kappa shape index (κ3) is 3.70. The molecule has 2 saturated heterocycles. The van der Waals surface area contributed by atoms with E-state index in [1.807, 2.05) is 11.9 Å². The van der Waals surface area contributed by atoms with Gasteiger partial charge in [0.05, 0.1) is 43.0 Å². The van der Waals surface area contributed by atoms with Gasteiger partial charge in [-0.1, -0.05) is 0 Å². The van der Waals surface area contributed by atoms with Crippen molar-refractivity contribution in [2.75, 3.05) is 44.7 Å². The quantitative estimate of drug-likeness (QED) is 0.604. The summed E-state index contributed by atoms with van der Waals surface area (Å²) in [5.74, 6) is 0. The first-order valence-electron chi connectivity index (χ1n) is 9.17. The fraction of sp³-hybridized carbons (Fsp3) is 0.647. The Labute approximate surface area is 154 Å². The second kappa shape index (κ2) is 7.50. The largest absolute Gasteiger partial charge is 0.363 e. The minimum atomic E-state index is -3.71. The summed E-state index contributed by atoms with van der Waals surface area (Å²) >= 11 is 0. The Hall–Kier alpha value is -1.71. The van der Waals surface area contributed by atoms with E-state index in [2.05, 4.69) is 6.92 Å². The molecule has 0 spiro atoms. The van der Waals surface area contributed by atoms with E-state index in [0.717, 1.165) is 38.9 Å². The predicted octanol–water partition coefficient (Wildman–Crippen LogP) is 0.493. The summed E-state index contributed by atoms with van der Waals surface area (Å²) in [5, 5.41) is 11.6. The molecule has 1 aromatic rings. The molecule has 2 fully saturated rings. The number of likely N-dealkylation sites (N-methyl/N-ethyl adjacent to an activating group) is 1. The van der Waals surface area contributed by atoms with Crippen LogP contribution in [-0.4, -0.2) is 63.5 Å². The van der Waals surface area contributed by atoms with Crippen LogP contribution >= 0.6 is 0 Å². The molecule has 0 amide bonds. The number of rotatable bonds is 4. The molecule has 0 saturated carbocycles. The molecule has 1 N–H and O–H groups in total. The Bertz CT molecular complexity index is 775. The minimum Gasteiger partial charge on any atom is -0.363 e. The number of piperazine rings is 1. The third-order valence-corrected chi connectivity index (χ3v) is 7.36. The highest BCUT2D eigenvalue weighted by Gasteiger charge is 2.32. The van der Waals surface area contributed by atoms with Crippen LogP contribution in [0.5, 0.6) is 0 Å². The van der Waals surface area contributed by atoms with Crippen LogP contribution in [0.15, 0.2) is 23.1 Å². The molecule has 0 radical (unpaired) electrons. The molecular formula is C17H27N4O4S+. The summed E-state index contributed by atoms with van der Waals surface area (Å²) in [6.45, 7) is 5.17. The van der Waals surface area contributed by atoms with E-state index < -0.39 is 14.9 Å². The van der Waals surface area contributed by atoms with E-state index in [9.17, 15) is 18.5 Å². The van der Waals surface area contributed by atoms with Gasteiger partial charge in [0.1, 0.15) is 5.69 Å². The highest BCUT2D eigenvalue weighted by Crippen LogP contribution is 2.35. The Morgan fingerprint density at radius 2 is 1.88 bits per heavy atom. The summed E-state index contributed by atoms with van der Waals surface area (Å²) in [7, 11) is -1.67. The van der Waals surface area contributed by atoms with Crippen molar-refractivity contribution in [1.29, 1.82) is 0 Å². The average Bonchev–Trinajstić information content (AvgIpc) is 2.62. The standard InChI is InChI=1S/C17H26N4O4S/c1-14-5-3-4-8-20(14)16-7-6-15(13-17(16)21(22)23)26(24,25)19-11-9-18(2)10-12-19/h6-7,13-14H,3-5,8-12H2,1-2H3/p+1/t14-/m1/s1. The smallest absolute Gasteiger partial charge is 0.293 e. The van der Waals surface area contributed by atoms with E-state index in [4.69, 9.17) is 0 Å². The molecule has 9 heteroatoms. The molecule has 26 heavy (non-hydrogen) atoms. The van der Waals surface area contributed by atoms with Crippen molar-refractivity contribution in [2.45, 2.75) is 37.1 Å². The number of sulfonamides is 1. The number of hydrogen-bond donors (Lipinski definition) is 1. The van der Waals surface area contributed by atoms with Gasteiger partial charge in [-0.15, -0.1) is 0 Å². The lowest BCUT2D eigenvalue weighted by molar-refractivity contribution is -0.883. The summed E-state index contributed by atoms with van der Waals surface area (Å²) in [6, 6.07) is 4.57. The first-order valence-corrected chi connectivity index (χ1v) is 10.6. The average molecular weight is 383 g/mol. The third-order valence-electron chi connectivity index (χ3n) is 5.47. The van der Waals surface area contributed by atoms with Gasteiger partial charge in [0, 0.05) is 18.7 Å². The van der Waals surface area contributed by atoms with Crippen molar-refractivity contribution in [3.8, 4) is 0 Å². The Morgan fingerprint density at radius 3 is 2.50 bits per heavy atom. The number of hydrogen-bond acceptors (Lipinski definition) is 5. The van der Waals surface area contributed by atoms with Crippen LogP contribution in [0.25, 0.3) is 0 Å². The minimum absolute atomic E-state index is 0.0113. The van der Waals surface area contributed by atoms with E-state index in [1.165, 1.54) is 21.3 Å². The molecule has 0 aliphatic carbocycles. The van der Waals surface area contributed by atoms with Gasteiger partial charge < -0.3 is 9.80 Å². The maximum absolute atomic E-state index is 12.9. The van der Waals surface area contributed by atoms with Gasteiger partial charge in [0.25, 0.3) is 5.69 Å². The highest BCUT2D eigenvalue weighted by molar-refractivity contribution is 7.89. The van der Waals surface area contributed by atoms with E-state index >= 15 is 0 Å². The topological polar surface area (TPSA) is 88.2 Å². The maximum atomic E-state index is 12.9. The highest BCUT2D eigenvalue weighted by atomic mass is 32.2. The number of benzene rings is 1. The molecule has 144 valence electrons. The molecule has 2 aliphatic heterocycles. The summed E-state index contributed by atoms with van der Waals surface area (Å²) in [5.41, 5.74) is 0.392. The predicted molar refractivity (Wildman–Crippen MR) is 99.1 cm³/mol. The molecule has 0 unspecified atom stereocenters. The van der Waals surface area contributed by atoms with Crippen molar-refractivity contribution >= 4 is 21.4 Å². The van der Waals surface area contributed by atoms with Gasteiger partial charge in [-0.2, -0.15) is 4.31 Å². The zero-order valence-corrected chi connectivity index (χ0v) is 16.2. The fourth-order valence-corrected chi connectivity index (χ4v) is 5.23. The molecule has 0 aromatic heterocycles. The first kappa shape index (κ1) is 19.1. The van der Waals surface area contributed by atoms with Crippen LogP contribution in [0.3, 0.4) is 0 Å². The van der Waals surface area contributed by atoms with Crippen LogP contribution in [0.1, 0.15) is 26.2 Å². The number of quaternary nitrogens is 1. The normalized spacial score (nSPS) is 23.2. The van der Waals surface area contributed by atoms with Gasteiger partial charge in [0.2, 0.25) is 10.0 Å². The van der Waals surface area contributed by atoms with E-state index in [1.54, 1.807) is 6.07 Å². The number of nitro groups is 1. The number of piperidine rings is 1. The monoisotopic (exact) mass is 383 g/mol. The number of anilines is 1. The molecule has 3 rings (SSSR count). The Balaban J connectivity index is 1.94. The van der Waals surface area contributed by atoms with Crippen LogP contribution in [0.2, 0.25) is 0 Å². The van der Waals surface area contributed by atoms with Crippen molar-refractivity contribution in [3.05, 3.63) is 28.3 Å². The van der Waals surface area contributed by atoms with Gasteiger partial charge >= 0.3 is 0 Å². The van der Waals surface area contributed by atoms with Gasteiger partial charge in [-0.05, 0) is 38.3 Å².